The maximum Gasteiger partial charge on any atom is 0.320 e. The Kier molecular flexibility index (Phi) is 4.52. The summed E-state index contributed by atoms with van der Waals surface area (Å²) in [6, 6.07) is 6.35. The molecule has 0 heterocycles. The van der Waals surface area contributed by atoms with Crippen molar-refractivity contribution < 1.29 is 15.0 Å². The minimum Gasteiger partial charge on any atom is -0.508 e. The van der Waals surface area contributed by atoms with E-state index < -0.39 is 12.0 Å². The number of hydrogen-bond acceptors (Lipinski definition) is 3. The van der Waals surface area contributed by atoms with Crippen molar-refractivity contribution >= 4 is 5.97 Å². The number of benzene rings is 1. The fourth-order valence-electron chi connectivity index (χ4n) is 1.93. The van der Waals surface area contributed by atoms with Crippen molar-refractivity contribution in [2.45, 2.75) is 32.4 Å². The van der Waals surface area contributed by atoms with E-state index in [2.05, 4.69) is 0 Å². The van der Waals surface area contributed by atoms with Crippen LogP contribution < -0.4 is 0 Å². The first-order chi connectivity index (χ1) is 7.97. The number of likely N-dealkylation sites (N-methyl/N-ethyl adjacent to an activating group) is 1. The van der Waals surface area contributed by atoms with E-state index in [0.29, 0.717) is 6.42 Å². The van der Waals surface area contributed by atoms with Gasteiger partial charge >= 0.3 is 5.97 Å². The number of nitrogens with zero attached hydrogens (tertiary/aromatic N) is 1. The van der Waals surface area contributed by atoms with Gasteiger partial charge in [0.1, 0.15) is 11.8 Å². The Hall–Kier alpha value is -1.55. The molecule has 0 amide bonds. The van der Waals surface area contributed by atoms with Crippen LogP contribution in [0, 0.1) is 0 Å². The minimum atomic E-state index is -0.818. The summed E-state index contributed by atoms with van der Waals surface area (Å²) in [5.41, 5.74) is 0.909. The predicted molar refractivity (Wildman–Crippen MR) is 66.0 cm³/mol. The molecule has 0 radical (unpaired) electrons. The largest absolute Gasteiger partial charge is 0.508 e. The fourth-order valence-corrected chi connectivity index (χ4v) is 1.93. The molecule has 4 nitrogen and oxygen atoms in total. The summed E-state index contributed by atoms with van der Waals surface area (Å²) in [7, 11) is 1.79. The van der Waals surface area contributed by atoms with Crippen LogP contribution in [0.15, 0.2) is 24.3 Å². The van der Waals surface area contributed by atoms with Gasteiger partial charge in [0.05, 0.1) is 0 Å². The molecule has 1 aromatic carbocycles. The number of carbonyl (C=O) groups is 1. The van der Waals surface area contributed by atoms with E-state index in [9.17, 15) is 9.90 Å². The number of carboxylic acids is 1. The molecule has 0 aliphatic carbocycles. The molecule has 0 saturated heterocycles. The molecular weight excluding hydrogens is 218 g/mol. The second-order valence-corrected chi connectivity index (χ2v) is 4.20. The molecular formula is C13H19NO3. The number of phenolic OH excluding ortho intramolecular Hbond substituents is 1. The number of aromatic hydroxyl groups is 1. The summed E-state index contributed by atoms with van der Waals surface area (Å²) in [4.78, 5) is 12.9. The lowest BCUT2D eigenvalue weighted by molar-refractivity contribution is -0.143. The molecule has 0 fully saturated rings. The van der Waals surface area contributed by atoms with Gasteiger partial charge in [0.25, 0.3) is 0 Å². The van der Waals surface area contributed by atoms with Crippen molar-refractivity contribution in [3.8, 4) is 5.75 Å². The Morgan fingerprint density at radius 3 is 2.59 bits per heavy atom. The number of phenols is 1. The van der Waals surface area contributed by atoms with Gasteiger partial charge in [-0.2, -0.15) is 0 Å². The van der Waals surface area contributed by atoms with Gasteiger partial charge in [0, 0.05) is 6.04 Å². The van der Waals surface area contributed by atoms with Gasteiger partial charge in [0.2, 0.25) is 0 Å². The summed E-state index contributed by atoms with van der Waals surface area (Å²) in [6.07, 6.45) is 0.551. The maximum absolute atomic E-state index is 11.1. The summed E-state index contributed by atoms with van der Waals surface area (Å²) >= 11 is 0. The lowest BCUT2D eigenvalue weighted by Gasteiger charge is -2.30. The average molecular weight is 237 g/mol. The second-order valence-electron chi connectivity index (χ2n) is 4.20. The van der Waals surface area contributed by atoms with Crippen LogP contribution in [0.2, 0.25) is 0 Å². The zero-order chi connectivity index (χ0) is 13.0. The van der Waals surface area contributed by atoms with Crippen LogP contribution in [0.25, 0.3) is 0 Å². The van der Waals surface area contributed by atoms with E-state index >= 15 is 0 Å². The smallest absolute Gasteiger partial charge is 0.320 e. The topological polar surface area (TPSA) is 60.8 Å². The molecule has 2 unspecified atom stereocenters. The van der Waals surface area contributed by atoms with E-state index in [1.54, 1.807) is 30.1 Å². The first-order valence-corrected chi connectivity index (χ1v) is 5.71. The lowest BCUT2D eigenvalue weighted by Crippen LogP contribution is -2.39. The van der Waals surface area contributed by atoms with Gasteiger partial charge in [-0.1, -0.05) is 19.1 Å². The second kappa shape index (κ2) is 5.68. The SMILES string of the molecule is CCC(C(=O)O)N(C)C(C)c1cccc(O)c1. The van der Waals surface area contributed by atoms with Crippen molar-refractivity contribution in [3.63, 3.8) is 0 Å². The molecule has 0 aromatic heterocycles. The molecule has 0 saturated carbocycles. The van der Waals surface area contributed by atoms with Crippen molar-refractivity contribution in [1.29, 1.82) is 0 Å². The van der Waals surface area contributed by atoms with Crippen molar-refractivity contribution in [2.24, 2.45) is 0 Å². The van der Waals surface area contributed by atoms with E-state index in [1.807, 2.05) is 19.9 Å². The van der Waals surface area contributed by atoms with Gasteiger partial charge in [-0.3, -0.25) is 9.69 Å². The number of rotatable bonds is 5. The highest BCUT2D eigenvalue weighted by atomic mass is 16.4. The highest BCUT2D eigenvalue weighted by Gasteiger charge is 2.25. The number of hydrogen-bond donors (Lipinski definition) is 2. The van der Waals surface area contributed by atoms with E-state index in [-0.39, 0.29) is 11.8 Å². The van der Waals surface area contributed by atoms with Gasteiger partial charge in [0.15, 0.2) is 0 Å². The average Bonchev–Trinajstić information content (AvgIpc) is 2.28. The van der Waals surface area contributed by atoms with Gasteiger partial charge in [-0.25, -0.2) is 0 Å². The van der Waals surface area contributed by atoms with Crippen LogP contribution in [0.3, 0.4) is 0 Å². The summed E-state index contributed by atoms with van der Waals surface area (Å²) in [5, 5.41) is 18.5. The zero-order valence-electron chi connectivity index (χ0n) is 10.4. The van der Waals surface area contributed by atoms with Crippen LogP contribution in [-0.4, -0.2) is 34.2 Å². The summed E-state index contributed by atoms with van der Waals surface area (Å²) in [5.74, 6) is -0.617. The molecule has 2 atom stereocenters. The van der Waals surface area contributed by atoms with Crippen LogP contribution in [-0.2, 0) is 4.79 Å². The predicted octanol–water partition coefficient (Wildman–Crippen LogP) is 2.25. The third-order valence-corrected chi connectivity index (χ3v) is 3.13. The van der Waals surface area contributed by atoms with Gasteiger partial charge in [-0.15, -0.1) is 0 Å². The summed E-state index contributed by atoms with van der Waals surface area (Å²) < 4.78 is 0. The Labute approximate surface area is 101 Å². The van der Waals surface area contributed by atoms with E-state index in [4.69, 9.17) is 5.11 Å². The van der Waals surface area contributed by atoms with Crippen molar-refractivity contribution in [3.05, 3.63) is 29.8 Å². The maximum atomic E-state index is 11.1. The zero-order valence-corrected chi connectivity index (χ0v) is 10.4. The lowest BCUT2D eigenvalue weighted by atomic mass is 10.0. The number of carboxylic acid groups (broad SMARTS) is 1. The first-order valence-electron chi connectivity index (χ1n) is 5.71. The quantitative estimate of drug-likeness (QED) is 0.824. The minimum absolute atomic E-state index is 0.0526. The molecule has 2 N–H and O–H groups in total. The summed E-state index contributed by atoms with van der Waals surface area (Å²) in [6.45, 7) is 3.78. The molecule has 17 heavy (non-hydrogen) atoms. The molecule has 0 bridgehead atoms. The molecule has 0 aliphatic rings. The van der Waals surface area contributed by atoms with Crippen molar-refractivity contribution in [1.82, 2.24) is 4.90 Å². The Morgan fingerprint density at radius 2 is 2.12 bits per heavy atom. The van der Waals surface area contributed by atoms with Crippen molar-refractivity contribution in [2.75, 3.05) is 7.05 Å². The first kappa shape index (κ1) is 13.5. The monoisotopic (exact) mass is 237 g/mol. The Bertz CT molecular complexity index is 392. The highest BCUT2D eigenvalue weighted by molar-refractivity contribution is 5.73. The molecule has 1 rings (SSSR count). The van der Waals surface area contributed by atoms with Crippen LogP contribution in [0.4, 0.5) is 0 Å². The molecule has 94 valence electrons. The van der Waals surface area contributed by atoms with Crippen LogP contribution in [0.1, 0.15) is 31.9 Å². The Balaban J connectivity index is 2.88. The van der Waals surface area contributed by atoms with E-state index in [1.165, 1.54) is 0 Å². The van der Waals surface area contributed by atoms with E-state index in [0.717, 1.165) is 5.56 Å². The van der Waals surface area contributed by atoms with Gasteiger partial charge < -0.3 is 10.2 Å². The third kappa shape index (κ3) is 3.20. The normalized spacial score (nSPS) is 14.6. The number of aliphatic carboxylic acids is 1. The third-order valence-electron chi connectivity index (χ3n) is 3.13. The van der Waals surface area contributed by atoms with Crippen LogP contribution in [0.5, 0.6) is 5.75 Å². The highest BCUT2D eigenvalue weighted by Crippen LogP contribution is 2.24. The molecule has 0 spiro atoms. The standard InChI is InChI=1S/C13H19NO3/c1-4-12(13(16)17)14(3)9(2)10-6-5-7-11(15)8-10/h5-9,12,15H,4H2,1-3H3,(H,16,17). The molecule has 4 heteroatoms. The Morgan fingerprint density at radius 1 is 1.47 bits per heavy atom. The molecule has 1 aromatic rings. The van der Waals surface area contributed by atoms with Gasteiger partial charge in [-0.05, 0) is 38.1 Å². The molecule has 0 aliphatic heterocycles. The van der Waals surface area contributed by atoms with Crippen LogP contribution >= 0.6 is 0 Å². The fraction of sp³-hybridized carbons (Fsp3) is 0.462.